The molecule has 4 rings (SSSR count). The van der Waals surface area contributed by atoms with Gasteiger partial charge in [0.2, 0.25) is 0 Å². The van der Waals surface area contributed by atoms with Crippen molar-refractivity contribution in [3.8, 4) is 22.9 Å². The van der Waals surface area contributed by atoms with E-state index in [0.29, 0.717) is 27.7 Å². The average molecular weight is 567 g/mol. The molecule has 7 nitrogen and oxygen atoms in total. The first-order chi connectivity index (χ1) is 17.1. The van der Waals surface area contributed by atoms with Gasteiger partial charge in [-0.15, -0.1) is 0 Å². The van der Waals surface area contributed by atoms with Gasteiger partial charge in [0, 0.05) is 0 Å². The number of nitrogens with zero attached hydrogens (tertiary/aromatic N) is 3. The van der Waals surface area contributed by atoms with E-state index in [2.05, 4.69) is 4.99 Å². The first-order valence-electron chi connectivity index (χ1n) is 11.1. The molecule has 0 fully saturated rings. The Morgan fingerprint density at radius 3 is 2.44 bits per heavy atom. The molecule has 0 N–H and O–H groups in total. The number of amidine groups is 1. The van der Waals surface area contributed by atoms with Gasteiger partial charge in [0.25, 0.3) is 0 Å². The Labute approximate surface area is 217 Å². The number of halogens is 1. The first kappa shape index (κ1) is 25.6. The van der Waals surface area contributed by atoms with E-state index >= 15 is 4.39 Å². The standard InChI is InChI=1S/C26H23AsFN3O4S/c1-3-14-36(33,34)35-20-12-10-19(11-13-20)26(24(32)31(2)25(27)30-26)22-9-5-8-21(23(22)28)18-7-4-6-17(15-18)16-29/h4-13,15H,3,14,27H2,1-2H3. The van der Waals surface area contributed by atoms with Gasteiger partial charge in [-0.1, -0.05) is 0 Å². The van der Waals surface area contributed by atoms with Crippen LogP contribution in [0.1, 0.15) is 30.0 Å². The quantitative estimate of drug-likeness (QED) is 0.323. The van der Waals surface area contributed by atoms with Crippen molar-refractivity contribution >= 4 is 37.5 Å². The van der Waals surface area contributed by atoms with Crippen LogP contribution in [-0.4, -0.2) is 53.5 Å². The van der Waals surface area contributed by atoms with Crippen molar-refractivity contribution in [3.63, 3.8) is 0 Å². The molecule has 3 aromatic carbocycles. The van der Waals surface area contributed by atoms with Crippen LogP contribution in [0.25, 0.3) is 11.1 Å². The number of carbonyl (C=O) groups excluding carboxylic acids is 1. The van der Waals surface area contributed by atoms with Gasteiger partial charge >= 0.3 is 218 Å². The molecule has 0 radical (unpaired) electrons. The van der Waals surface area contributed by atoms with Gasteiger partial charge in [-0.25, -0.2) is 0 Å². The van der Waals surface area contributed by atoms with Gasteiger partial charge in [-0.05, 0) is 0 Å². The summed E-state index contributed by atoms with van der Waals surface area (Å²) in [6.07, 6.45) is 0.410. The van der Waals surface area contributed by atoms with Crippen molar-refractivity contribution in [1.82, 2.24) is 4.90 Å². The van der Waals surface area contributed by atoms with Crippen LogP contribution in [0.15, 0.2) is 71.7 Å². The molecule has 0 aromatic heterocycles. The van der Waals surface area contributed by atoms with Gasteiger partial charge in [0.05, 0.1) is 0 Å². The molecule has 2 unspecified atom stereocenters. The fourth-order valence-electron chi connectivity index (χ4n) is 4.14. The summed E-state index contributed by atoms with van der Waals surface area (Å²) < 4.78 is 45.9. The molecule has 2 atom stereocenters. The average Bonchev–Trinajstić information content (AvgIpc) is 3.09. The number of benzene rings is 3. The molecule has 0 spiro atoms. The van der Waals surface area contributed by atoms with Crippen molar-refractivity contribution in [2.45, 2.75) is 18.9 Å². The number of hydrogen-bond acceptors (Lipinski definition) is 6. The van der Waals surface area contributed by atoms with Crippen LogP contribution < -0.4 is 4.18 Å². The Bertz CT molecular complexity index is 1520. The number of rotatable bonds is 7. The van der Waals surface area contributed by atoms with E-state index in [4.69, 9.17) is 4.18 Å². The zero-order valence-electron chi connectivity index (χ0n) is 19.6. The molecule has 3 aromatic rings. The molecule has 10 heteroatoms. The second kappa shape index (κ2) is 9.88. The molecule has 1 aliphatic heterocycles. The second-order valence-corrected chi connectivity index (χ2v) is 11.0. The SMILES string of the molecule is CCCS(=O)(=O)Oc1ccc(C2(c3cccc(-c4cccc(C#N)c4)c3F)N=C([AsH2])N(C)C2=O)cc1. The summed E-state index contributed by atoms with van der Waals surface area (Å²) in [6.45, 7) is 1.73. The van der Waals surface area contributed by atoms with E-state index in [9.17, 15) is 18.5 Å². The van der Waals surface area contributed by atoms with Crippen molar-refractivity contribution < 1.29 is 21.8 Å². The monoisotopic (exact) mass is 567 g/mol. The third-order valence-electron chi connectivity index (χ3n) is 5.88. The second-order valence-electron chi connectivity index (χ2n) is 8.27. The number of carbonyl (C=O) groups is 1. The van der Waals surface area contributed by atoms with Crippen LogP contribution in [-0.2, 0) is 20.5 Å². The number of aliphatic imine (C=N–C) groups is 1. The fraction of sp³-hybridized carbons (Fsp3) is 0.192. The topological polar surface area (TPSA) is 99.8 Å². The van der Waals surface area contributed by atoms with E-state index in [0.717, 1.165) is 16.9 Å². The minimum atomic E-state index is -3.74. The van der Waals surface area contributed by atoms with Crippen LogP contribution in [0.4, 0.5) is 4.39 Å². The fourth-order valence-corrected chi connectivity index (χ4v) is 5.78. The summed E-state index contributed by atoms with van der Waals surface area (Å²) in [5, 5.41) is 9.25. The van der Waals surface area contributed by atoms with Crippen LogP contribution in [0.2, 0.25) is 0 Å². The number of hydrogen-bond donors (Lipinski definition) is 0. The van der Waals surface area contributed by atoms with Gasteiger partial charge in [-0.3, -0.25) is 0 Å². The predicted octanol–water partition coefficient (Wildman–Crippen LogP) is 3.19. The summed E-state index contributed by atoms with van der Waals surface area (Å²) in [5.74, 6) is -1.10. The predicted molar refractivity (Wildman–Crippen MR) is 137 cm³/mol. The molecule has 1 heterocycles. The Hall–Kier alpha value is -3.47. The number of likely N-dealkylation sites (N-methyl/N-ethyl adjacent to an activating group) is 1. The molecular formula is C26H23AsFN3O4S. The minimum absolute atomic E-state index is 0.0548. The molecule has 0 bridgehead atoms. The van der Waals surface area contributed by atoms with E-state index in [1.807, 2.05) is 6.07 Å². The third kappa shape index (κ3) is 4.55. The zero-order valence-corrected chi connectivity index (χ0v) is 22.8. The Balaban J connectivity index is 1.87. The van der Waals surface area contributed by atoms with Gasteiger partial charge in [-0.2, -0.15) is 0 Å². The van der Waals surface area contributed by atoms with E-state index < -0.39 is 27.4 Å². The van der Waals surface area contributed by atoms with Gasteiger partial charge < -0.3 is 0 Å². The molecule has 0 saturated carbocycles. The Morgan fingerprint density at radius 1 is 1.14 bits per heavy atom. The van der Waals surface area contributed by atoms with Crippen LogP contribution >= 0.6 is 0 Å². The number of amides is 1. The van der Waals surface area contributed by atoms with Crippen molar-refractivity contribution in [1.29, 1.82) is 5.26 Å². The van der Waals surface area contributed by atoms with E-state index in [-0.39, 0.29) is 22.6 Å². The molecule has 0 aliphatic carbocycles. The first-order valence-corrected chi connectivity index (χ1v) is 13.9. The van der Waals surface area contributed by atoms with Gasteiger partial charge in [0.15, 0.2) is 0 Å². The maximum absolute atomic E-state index is 16.2. The molecule has 184 valence electrons. The van der Waals surface area contributed by atoms with Crippen LogP contribution in [0, 0.1) is 17.1 Å². The van der Waals surface area contributed by atoms with Crippen LogP contribution in [0.3, 0.4) is 0 Å². The summed E-state index contributed by atoms with van der Waals surface area (Å²) >= 11 is 1.12. The van der Waals surface area contributed by atoms with Crippen molar-refractivity contribution in [3.05, 3.63) is 89.2 Å². The molecule has 1 amide bonds. The van der Waals surface area contributed by atoms with Crippen LogP contribution in [0.5, 0.6) is 5.75 Å². The number of nitriles is 1. The molecule has 36 heavy (non-hydrogen) atoms. The van der Waals surface area contributed by atoms with Gasteiger partial charge in [0.1, 0.15) is 0 Å². The molecule has 1 aliphatic rings. The maximum atomic E-state index is 16.2. The summed E-state index contributed by atoms with van der Waals surface area (Å²) in [5.41, 5.74) is -0.163. The van der Waals surface area contributed by atoms with Crippen molar-refractivity contribution in [2.75, 3.05) is 12.8 Å². The van der Waals surface area contributed by atoms with Crippen molar-refractivity contribution in [2.24, 2.45) is 4.99 Å². The third-order valence-corrected chi connectivity index (χ3v) is 8.32. The normalized spacial score (nSPS) is 17.6. The molecular weight excluding hydrogens is 544 g/mol. The summed E-state index contributed by atoms with van der Waals surface area (Å²) in [4.78, 5) is 19.7. The summed E-state index contributed by atoms with van der Waals surface area (Å²) in [7, 11) is -2.16. The Morgan fingerprint density at radius 2 is 1.83 bits per heavy atom. The van der Waals surface area contributed by atoms with E-state index in [1.54, 1.807) is 50.4 Å². The van der Waals surface area contributed by atoms with E-state index in [1.165, 1.54) is 35.2 Å². The summed E-state index contributed by atoms with van der Waals surface area (Å²) in [6, 6.07) is 19.3. The zero-order chi connectivity index (χ0) is 26.1. The Kier molecular flexibility index (Phi) is 7.03. The molecule has 0 saturated heterocycles.